The Kier molecular flexibility index (Phi) is 7.29. The van der Waals surface area contributed by atoms with Crippen molar-refractivity contribution in [3.8, 4) is 0 Å². The normalized spacial score (nSPS) is 12.7. The summed E-state index contributed by atoms with van der Waals surface area (Å²) in [6.07, 6.45) is 1.15. The third kappa shape index (κ3) is 5.91. The summed E-state index contributed by atoms with van der Waals surface area (Å²) in [6, 6.07) is 14.8. The van der Waals surface area contributed by atoms with E-state index in [0.717, 1.165) is 11.1 Å². The van der Waals surface area contributed by atoms with Crippen molar-refractivity contribution >= 4 is 29.0 Å². The molecule has 30 heavy (non-hydrogen) atoms. The van der Waals surface area contributed by atoms with Crippen LogP contribution in [0.15, 0.2) is 53.1 Å². The van der Waals surface area contributed by atoms with E-state index in [-0.39, 0.29) is 24.7 Å². The van der Waals surface area contributed by atoms with E-state index in [9.17, 15) is 9.90 Å². The molecule has 0 unspecified atom stereocenters. The summed E-state index contributed by atoms with van der Waals surface area (Å²) < 4.78 is 5.40. The number of rotatable bonds is 9. The van der Waals surface area contributed by atoms with Gasteiger partial charge in [-0.25, -0.2) is 0 Å². The Morgan fingerprint density at radius 3 is 2.17 bits per heavy atom. The third-order valence-electron chi connectivity index (χ3n) is 4.97. The van der Waals surface area contributed by atoms with Gasteiger partial charge in [0.2, 0.25) is 5.89 Å². The number of carbonyl (C=O) groups is 1. The maximum absolute atomic E-state index is 12.8. The molecular formula is C23H24Cl2N2O3. The number of hydrogen-bond donors (Lipinski definition) is 1. The second kappa shape index (κ2) is 9.73. The Morgan fingerprint density at radius 1 is 1.03 bits per heavy atom. The predicted molar refractivity (Wildman–Crippen MR) is 117 cm³/mol. The first-order chi connectivity index (χ1) is 14.3. The van der Waals surface area contributed by atoms with Gasteiger partial charge in [0.1, 0.15) is 5.78 Å². The molecule has 0 fully saturated rings. The van der Waals surface area contributed by atoms with Crippen molar-refractivity contribution in [1.82, 2.24) is 10.1 Å². The average Bonchev–Trinajstić information content (AvgIpc) is 3.22. The maximum Gasteiger partial charge on any atom is 0.234 e. The SMILES string of the molecule is CC(C)(CO)c1nc([C@@H](CC(=O)Cc2ccc(Cl)cc2)Cc2ccc(Cl)cc2)no1. The highest BCUT2D eigenvalue weighted by molar-refractivity contribution is 6.30. The van der Waals surface area contributed by atoms with Crippen molar-refractivity contribution in [3.05, 3.63) is 81.4 Å². The number of benzene rings is 2. The molecule has 7 heteroatoms. The molecule has 3 aromatic rings. The van der Waals surface area contributed by atoms with E-state index in [1.807, 2.05) is 50.2 Å². The smallest absolute Gasteiger partial charge is 0.234 e. The van der Waals surface area contributed by atoms with Gasteiger partial charge in [-0.1, -0.05) is 52.6 Å². The number of aliphatic hydroxyl groups excluding tert-OH is 1. The molecule has 1 heterocycles. The van der Waals surface area contributed by atoms with Gasteiger partial charge in [0.05, 0.1) is 12.0 Å². The van der Waals surface area contributed by atoms with Gasteiger partial charge >= 0.3 is 0 Å². The van der Waals surface area contributed by atoms with Gasteiger partial charge in [0.25, 0.3) is 0 Å². The zero-order valence-electron chi connectivity index (χ0n) is 16.9. The van der Waals surface area contributed by atoms with E-state index in [2.05, 4.69) is 10.1 Å². The van der Waals surface area contributed by atoms with Crippen molar-refractivity contribution in [3.63, 3.8) is 0 Å². The van der Waals surface area contributed by atoms with Crippen molar-refractivity contribution in [1.29, 1.82) is 0 Å². The first kappa shape index (κ1) is 22.5. The molecule has 2 aromatic carbocycles. The van der Waals surface area contributed by atoms with Crippen molar-refractivity contribution in [2.24, 2.45) is 0 Å². The molecule has 0 spiro atoms. The highest BCUT2D eigenvalue weighted by Crippen LogP contribution is 2.27. The zero-order valence-corrected chi connectivity index (χ0v) is 18.5. The van der Waals surface area contributed by atoms with Crippen LogP contribution in [0.25, 0.3) is 0 Å². The van der Waals surface area contributed by atoms with Crippen LogP contribution in [0.3, 0.4) is 0 Å². The van der Waals surface area contributed by atoms with E-state index in [1.165, 1.54) is 0 Å². The van der Waals surface area contributed by atoms with Crippen molar-refractivity contribution in [2.45, 2.75) is 44.4 Å². The third-order valence-corrected chi connectivity index (χ3v) is 5.47. The molecule has 1 atom stereocenters. The topological polar surface area (TPSA) is 76.2 Å². The summed E-state index contributed by atoms with van der Waals surface area (Å²) in [7, 11) is 0. The number of halogens is 2. The van der Waals surface area contributed by atoms with E-state index < -0.39 is 5.41 Å². The van der Waals surface area contributed by atoms with Crippen LogP contribution in [0.4, 0.5) is 0 Å². The van der Waals surface area contributed by atoms with E-state index in [1.54, 1.807) is 12.1 Å². The molecule has 0 saturated heterocycles. The Labute approximate surface area is 186 Å². The van der Waals surface area contributed by atoms with Crippen LogP contribution in [0.1, 0.15) is 49.0 Å². The fourth-order valence-electron chi connectivity index (χ4n) is 3.08. The van der Waals surface area contributed by atoms with Crippen LogP contribution in [-0.2, 0) is 23.1 Å². The fraction of sp³-hybridized carbons (Fsp3) is 0.348. The Balaban J connectivity index is 1.80. The van der Waals surface area contributed by atoms with Gasteiger partial charge in [-0.2, -0.15) is 4.98 Å². The second-order valence-electron chi connectivity index (χ2n) is 8.07. The van der Waals surface area contributed by atoms with Gasteiger partial charge in [0, 0.05) is 28.8 Å². The van der Waals surface area contributed by atoms with E-state index >= 15 is 0 Å². The fourth-order valence-corrected chi connectivity index (χ4v) is 3.33. The van der Waals surface area contributed by atoms with E-state index in [0.29, 0.717) is 34.6 Å². The highest BCUT2D eigenvalue weighted by Gasteiger charge is 2.29. The van der Waals surface area contributed by atoms with Gasteiger partial charge in [-0.3, -0.25) is 4.79 Å². The average molecular weight is 447 g/mol. The quantitative estimate of drug-likeness (QED) is 0.490. The van der Waals surface area contributed by atoms with Crippen LogP contribution in [-0.4, -0.2) is 27.6 Å². The van der Waals surface area contributed by atoms with Gasteiger partial charge in [0.15, 0.2) is 5.82 Å². The number of carbonyl (C=O) groups excluding carboxylic acids is 1. The zero-order chi connectivity index (χ0) is 21.7. The Morgan fingerprint density at radius 2 is 1.60 bits per heavy atom. The molecule has 3 rings (SSSR count). The monoisotopic (exact) mass is 446 g/mol. The lowest BCUT2D eigenvalue weighted by Gasteiger charge is -2.16. The molecule has 0 aliphatic heterocycles. The van der Waals surface area contributed by atoms with Crippen LogP contribution < -0.4 is 0 Å². The molecule has 1 N–H and O–H groups in total. The number of nitrogens with zero attached hydrogens (tertiary/aromatic N) is 2. The molecule has 0 aliphatic rings. The number of Topliss-reactive ketones (excluding diaryl/α,β-unsaturated/α-hetero) is 1. The summed E-state index contributed by atoms with van der Waals surface area (Å²) in [5.74, 6) is 0.638. The summed E-state index contributed by atoms with van der Waals surface area (Å²) >= 11 is 11.9. The standard InChI is InChI=1S/C23H24Cl2N2O3/c1-23(2,14-28)22-26-21(27-30-22)17(11-15-3-7-18(24)8-4-15)13-20(29)12-16-5-9-19(25)10-6-16/h3-10,17,28H,11-14H2,1-2H3/t17-/m1/s1. The molecule has 0 amide bonds. The lowest BCUT2D eigenvalue weighted by molar-refractivity contribution is -0.118. The summed E-state index contributed by atoms with van der Waals surface area (Å²) in [5.41, 5.74) is 1.28. The van der Waals surface area contributed by atoms with Crippen molar-refractivity contribution in [2.75, 3.05) is 6.61 Å². The van der Waals surface area contributed by atoms with E-state index in [4.69, 9.17) is 27.7 Å². The number of hydrogen-bond acceptors (Lipinski definition) is 5. The summed E-state index contributed by atoms with van der Waals surface area (Å²) in [6.45, 7) is 3.53. The highest BCUT2D eigenvalue weighted by atomic mass is 35.5. The first-order valence-electron chi connectivity index (χ1n) is 9.72. The minimum Gasteiger partial charge on any atom is -0.395 e. The molecule has 1 aromatic heterocycles. The predicted octanol–water partition coefficient (Wildman–Crippen LogP) is 5.17. The van der Waals surface area contributed by atoms with Gasteiger partial charge in [-0.15, -0.1) is 0 Å². The van der Waals surface area contributed by atoms with Crippen molar-refractivity contribution < 1.29 is 14.4 Å². The maximum atomic E-state index is 12.8. The van der Waals surface area contributed by atoms with Gasteiger partial charge < -0.3 is 9.63 Å². The lowest BCUT2D eigenvalue weighted by Crippen LogP contribution is -2.22. The molecule has 158 valence electrons. The van der Waals surface area contributed by atoms with Crippen LogP contribution in [0, 0.1) is 0 Å². The lowest BCUT2D eigenvalue weighted by atomic mass is 9.91. The molecule has 0 aliphatic carbocycles. The van der Waals surface area contributed by atoms with Crippen LogP contribution in [0.5, 0.6) is 0 Å². The summed E-state index contributed by atoms with van der Waals surface area (Å²) in [5, 5.41) is 15.0. The Bertz CT molecular complexity index is 982. The second-order valence-corrected chi connectivity index (χ2v) is 8.95. The first-order valence-corrected chi connectivity index (χ1v) is 10.5. The van der Waals surface area contributed by atoms with Crippen LogP contribution in [0.2, 0.25) is 10.0 Å². The van der Waals surface area contributed by atoms with Crippen LogP contribution >= 0.6 is 23.2 Å². The molecule has 0 saturated carbocycles. The number of ketones is 1. The number of aromatic nitrogens is 2. The Hall–Kier alpha value is -2.21. The largest absolute Gasteiger partial charge is 0.395 e. The summed E-state index contributed by atoms with van der Waals surface area (Å²) in [4.78, 5) is 17.3. The molecule has 0 radical (unpaired) electrons. The molecule has 5 nitrogen and oxygen atoms in total. The molecule has 0 bridgehead atoms. The minimum atomic E-state index is -0.649. The van der Waals surface area contributed by atoms with Gasteiger partial charge in [-0.05, 0) is 55.7 Å². The minimum absolute atomic E-state index is 0.0732. The number of aliphatic hydroxyl groups is 1. The molecular weight excluding hydrogens is 423 g/mol.